The maximum atomic E-state index is 13.2. The average Bonchev–Trinajstić information content (AvgIpc) is 3.40. The van der Waals surface area contributed by atoms with Gasteiger partial charge in [-0.25, -0.2) is 0 Å². The molecule has 3 aromatic carbocycles. The Morgan fingerprint density at radius 1 is 1.11 bits per heavy atom. The Morgan fingerprint density at radius 2 is 1.86 bits per heavy atom. The maximum absolute atomic E-state index is 13.2. The van der Waals surface area contributed by atoms with Crippen LogP contribution in [0.5, 0.6) is 11.5 Å². The lowest BCUT2D eigenvalue weighted by Gasteiger charge is -2.26. The summed E-state index contributed by atoms with van der Waals surface area (Å²) in [5, 5.41) is 28.0. The van der Waals surface area contributed by atoms with E-state index in [2.05, 4.69) is 10.2 Å². The summed E-state index contributed by atoms with van der Waals surface area (Å²) in [6, 6.07) is 20.1. The second-order valence-corrected chi connectivity index (χ2v) is 8.85. The number of aromatic nitrogens is 2. The standard InChI is InChI=1S/C27H24ClN3O4/c1-16-13-22(33)20(14-21(16)28)24-23-25(30-29-24)27(34)31(11-12-32)26(23)18-7-9-19(10-8-18)35-15-17-5-3-2-4-6-17/h2-10,13-14,26,32-33H,11-12,15H2,1H3,(H,29,30)/t26-/m1/s1. The second kappa shape index (κ2) is 9.44. The van der Waals surface area contributed by atoms with Gasteiger partial charge in [0.05, 0.1) is 12.6 Å². The number of aliphatic hydroxyl groups excluding tert-OH is 1. The second-order valence-electron chi connectivity index (χ2n) is 8.45. The number of phenols is 1. The number of aromatic hydroxyl groups is 1. The highest BCUT2D eigenvalue weighted by molar-refractivity contribution is 6.31. The van der Waals surface area contributed by atoms with Crippen molar-refractivity contribution >= 4 is 17.5 Å². The lowest BCUT2D eigenvalue weighted by Crippen LogP contribution is -2.32. The molecule has 0 unspecified atom stereocenters. The summed E-state index contributed by atoms with van der Waals surface area (Å²) in [6.45, 7) is 2.22. The van der Waals surface area contributed by atoms with Crippen molar-refractivity contribution in [3.63, 3.8) is 0 Å². The number of carbonyl (C=O) groups is 1. The number of H-pyrrole nitrogens is 1. The van der Waals surface area contributed by atoms with E-state index in [0.717, 1.165) is 16.7 Å². The van der Waals surface area contributed by atoms with Gasteiger partial charge in [0.1, 0.15) is 29.5 Å². The molecule has 4 aromatic rings. The number of aromatic amines is 1. The van der Waals surface area contributed by atoms with Crippen LogP contribution in [0.2, 0.25) is 5.02 Å². The molecule has 1 amide bonds. The Kier molecular flexibility index (Phi) is 6.19. The number of halogens is 1. The predicted molar refractivity (Wildman–Crippen MR) is 133 cm³/mol. The van der Waals surface area contributed by atoms with Gasteiger partial charge in [-0.15, -0.1) is 0 Å². The van der Waals surface area contributed by atoms with Gasteiger partial charge in [-0.2, -0.15) is 5.10 Å². The van der Waals surface area contributed by atoms with E-state index in [1.165, 1.54) is 0 Å². The van der Waals surface area contributed by atoms with Crippen LogP contribution in [0.4, 0.5) is 0 Å². The number of phenolic OH excluding ortho intramolecular Hbond substituents is 1. The van der Waals surface area contributed by atoms with Crippen molar-refractivity contribution in [2.45, 2.75) is 19.6 Å². The van der Waals surface area contributed by atoms with Crippen LogP contribution >= 0.6 is 11.6 Å². The zero-order valence-corrected chi connectivity index (χ0v) is 19.8. The molecule has 1 atom stereocenters. The minimum Gasteiger partial charge on any atom is -0.507 e. The third kappa shape index (κ3) is 4.24. The predicted octanol–water partition coefficient (Wildman–Crippen LogP) is 4.86. The van der Waals surface area contributed by atoms with Crippen LogP contribution in [0, 0.1) is 6.92 Å². The molecule has 35 heavy (non-hydrogen) atoms. The van der Waals surface area contributed by atoms with Crippen LogP contribution in [0.1, 0.15) is 38.8 Å². The van der Waals surface area contributed by atoms with Gasteiger partial charge in [0, 0.05) is 22.7 Å². The Balaban J connectivity index is 1.51. The summed E-state index contributed by atoms with van der Waals surface area (Å²) in [6.07, 6.45) is 0. The first-order valence-corrected chi connectivity index (χ1v) is 11.6. The number of benzene rings is 3. The van der Waals surface area contributed by atoms with Gasteiger partial charge in [0.25, 0.3) is 5.91 Å². The number of hydrogen-bond acceptors (Lipinski definition) is 5. The van der Waals surface area contributed by atoms with Crippen LogP contribution in [0.15, 0.2) is 66.7 Å². The summed E-state index contributed by atoms with van der Waals surface area (Å²) in [7, 11) is 0. The zero-order chi connectivity index (χ0) is 24.5. The zero-order valence-electron chi connectivity index (χ0n) is 19.0. The number of fused-ring (bicyclic) bond motifs is 1. The number of rotatable bonds is 7. The fourth-order valence-electron chi connectivity index (χ4n) is 4.43. The van der Waals surface area contributed by atoms with Gasteiger partial charge >= 0.3 is 0 Å². The minimum atomic E-state index is -0.499. The number of carbonyl (C=O) groups excluding carboxylic acids is 1. The van der Waals surface area contributed by atoms with Crippen molar-refractivity contribution in [2.24, 2.45) is 0 Å². The summed E-state index contributed by atoms with van der Waals surface area (Å²) in [5.41, 5.74) is 4.48. The molecule has 0 fully saturated rings. The number of ether oxygens (including phenoxy) is 1. The van der Waals surface area contributed by atoms with E-state index in [1.807, 2.05) is 54.6 Å². The highest BCUT2D eigenvalue weighted by Crippen LogP contribution is 2.45. The van der Waals surface area contributed by atoms with Gasteiger partial charge in [-0.05, 0) is 47.9 Å². The van der Waals surface area contributed by atoms with E-state index in [9.17, 15) is 15.0 Å². The maximum Gasteiger partial charge on any atom is 0.273 e. The molecular formula is C27H24ClN3O4. The van der Waals surface area contributed by atoms with Crippen molar-refractivity contribution in [3.8, 4) is 22.8 Å². The van der Waals surface area contributed by atoms with E-state index in [-0.39, 0.29) is 24.8 Å². The number of aryl methyl sites for hydroxylation is 1. The highest BCUT2D eigenvalue weighted by atomic mass is 35.5. The molecule has 5 rings (SSSR count). The molecule has 1 aliphatic rings. The molecule has 0 radical (unpaired) electrons. The van der Waals surface area contributed by atoms with E-state index in [1.54, 1.807) is 24.0 Å². The molecule has 0 saturated heterocycles. The Hall–Kier alpha value is -3.81. The topological polar surface area (TPSA) is 98.7 Å². The summed E-state index contributed by atoms with van der Waals surface area (Å²) < 4.78 is 5.91. The highest BCUT2D eigenvalue weighted by Gasteiger charge is 2.42. The summed E-state index contributed by atoms with van der Waals surface area (Å²) >= 11 is 6.33. The molecule has 8 heteroatoms. The van der Waals surface area contributed by atoms with Gasteiger partial charge in [-0.3, -0.25) is 9.89 Å². The first kappa shape index (κ1) is 23.0. The molecule has 178 valence electrons. The van der Waals surface area contributed by atoms with Crippen LogP contribution in [0.25, 0.3) is 11.3 Å². The number of amides is 1. The summed E-state index contributed by atoms with van der Waals surface area (Å²) in [5.74, 6) is 0.462. The molecule has 0 aliphatic carbocycles. The van der Waals surface area contributed by atoms with E-state index >= 15 is 0 Å². The molecule has 1 aliphatic heterocycles. The molecule has 7 nitrogen and oxygen atoms in total. The van der Waals surface area contributed by atoms with E-state index < -0.39 is 6.04 Å². The molecule has 3 N–H and O–H groups in total. The van der Waals surface area contributed by atoms with Crippen LogP contribution in [0.3, 0.4) is 0 Å². The minimum absolute atomic E-state index is 0.0256. The Morgan fingerprint density at radius 3 is 2.57 bits per heavy atom. The van der Waals surface area contributed by atoms with Crippen molar-refractivity contribution in [1.82, 2.24) is 15.1 Å². The fraction of sp³-hybridized carbons (Fsp3) is 0.185. The normalized spacial score (nSPS) is 14.9. The molecule has 1 aromatic heterocycles. The molecular weight excluding hydrogens is 466 g/mol. The average molecular weight is 490 g/mol. The smallest absolute Gasteiger partial charge is 0.273 e. The Bertz CT molecular complexity index is 1370. The monoisotopic (exact) mass is 489 g/mol. The lowest BCUT2D eigenvalue weighted by atomic mass is 9.95. The first-order valence-electron chi connectivity index (χ1n) is 11.2. The lowest BCUT2D eigenvalue weighted by molar-refractivity contribution is 0.0706. The molecule has 2 heterocycles. The fourth-order valence-corrected chi connectivity index (χ4v) is 4.59. The van der Waals surface area contributed by atoms with Crippen LogP contribution in [-0.2, 0) is 6.61 Å². The molecule has 0 spiro atoms. The first-order chi connectivity index (χ1) is 17.0. The van der Waals surface area contributed by atoms with Gasteiger partial charge in [-0.1, -0.05) is 54.1 Å². The molecule has 0 bridgehead atoms. The SMILES string of the molecule is Cc1cc(O)c(-c2n[nH]c3c2[C@@H](c2ccc(OCc4ccccc4)cc2)N(CCO)C3=O)cc1Cl. The quantitative estimate of drug-likeness (QED) is 0.344. The van der Waals surface area contributed by atoms with Gasteiger partial charge < -0.3 is 19.8 Å². The third-order valence-corrected chi connectivity index (χ3v) is 6.59. The van der Waals surface area contributed by atoms with Crippen molar-refractivity contribution in [2.75, 3.05) is 13.2 Å². The summed E-state index contributed by atoms with van der Waals surface area (Å²) in [4.78, 5) is 14.8. The number of aliphatic hydroxyl groups is 1. The van der Waals surface area contributed by atoms with E-state index in [0.29, 0.717) is 39.9 Å². The van der Waals surface area contributed by atoms with Crippen molar-refractivity contribution in [1.29, 1.82) is 0 Å². The van der Waals surface area contributed by atoms with Crippen LogP contribution < -0.4 is 4.74 Å². The third-order valence-electron chi connectivity index (χ3n) is 6.18. The van der Waals surface area contributed by atoms with Crippen molar-refractivity contribution in [3.05, 3.63) is 99.7 Å². The number of nitrogens with one attached hydrogen (secondary N) is 1. The largest absolute Gasteiger partial charge is 0.507 e. The Labute approximate surface area is 207 Å². The molecule has 0 saturated carbocycles. The van der Waals surface area contributed by atoms with Crippen molar-refractivity contribution < 1.29 is 19.7 Å². The van der Waals surface area contributed by atoms with Gasteiger partial charge in [0.15, 0.2) is 0 Å². The number of nitrogens with zero attached hydrogens (tertiary/aromatic N) is 2. The van der Waals surface area contributed by atoms with Gasteiger partial charge in [0.2, 0.25) is 0 Å². The van der Waals surface area contributed by atoms with Crippen LogP contribution in [-0.4, -0.2) is 44.4 Å². The van der Waals surface area contributed by atoms with E-state index in [4.69, 9.17) is 16.3 Å². The number of hydrogen-bond donors (Lipinski definition) is 3. The number of β-amino-alcohol motifs (C(OH)–C–C–N with tert-alkyl or cyclic N) is 1.